The number of hydrogen-bond donors (Lipinski definition) is 1. The minimum Gasteiger partial charge on any atom is -0.491 e. The van der Waals surface area contributed by atoms with Crippen molar-refractivity contribution in [3.63, 3.8) is 0 Å². The molecule has 0 spiro atoms. The summed E-state index contributed by atoms with van der Waals surface area (Å²) >= 11 is 0. The fourth-order valence-electron chi connectivity index (χ4n) is 4.83. The topological polar surface area (TPSA) is 64.6 Å². The number of fused-ring (bicyclic) bond motifs is 1. The molecule has 2 aromatic carbocycles. The van der Waals surface area contributed by atoms with Gasteiger partial charge in [-0.25, -0.2) is 0 Å². The van der Waals surface area contributed by atoms with Crippen LogP contribution in [0.25, 0.3) is 11.1 Å². The third kappa shape index (κ3) is 3.89. The van der Waals surface area contributed by atoms with Gasteiger partial charge < -0.3 is 14.8 Å². The SMILES string of the molecule is Cc1ccc(-c2ccc3c(c2)CNC3=O)c(OCC2(C(=O)OC3CCCCC3)CC2)c1C. The lowest BCUT2D eigenvalue weighted by molar-refractivity contribution is -0.158. The fraction of sp³-hybridized carbons (Fsp3) is 0.481. The van der Waals surface area contributed by atoms with Gasteiger partial charge in [0.15, 0.2) is 0 Å². The van der Waals surface area contributed by atoms with Gasteiger partial charge in [-0.1, -0.05) is 24.6 Å². The number of aryl methyl sites for hydroxylation is 1. The van der Waals surface area contributed by atoms with Crippen molar-refractivity contribution in [2.45, 2.75) is 71.4 Å². The predicted octanol–water partition coefficient (Wildman–Crippen LogP) is 5.25. The van der Waals surface area contributed by atoms with E-state index in [0.29, 0.717) is 13.2 Å². The molecule has 0 atom stereocenters. The van der Waals surface area contributed by atoms with Crippen LogP contribution in [0.2, 0.25) is 0 Å². The maximum atomic E-state index is 12.9. The summed E-state index contributed by atoms with van der Waals surface area (Å²) in [6.45, 7) is 5.04. The van der Waals surface area contributed by atoms with Crippen molar-refractivity contribution in [3.05, 3.63) is 52.6 Å². The molecule has 1 aliphatic heterocycles. The Morgan fingerprint density at radius 3 is 2.56 bits per heavy atom. The molecule has 0 saturated heterocycles. The normalized spacial score (nSPS) is 19.2. The molecule has 1 N–H and O–H groups in total. The second kappa shape index (κ2) is 8.27. The summed E-state index contributed by atoms with van der Waals surface area (Å²) in [7, 11) is 0. The minimum atomic E-state index is -0.501. The van der Waals surface area contributed by atoms with Gasteiger partial charge in [0.25, 0.3) is 5.91 Å². The lowest BCUT2D eigenvalue weighted by atomic mass is 9.96. The Kier molecular flexibility index (Phi) is 5.44. The molecule has 2 saturated carbocycles. The Morgan fingerprint density at radius 1 is 1.06 bits per heavy atom. The number of hydrogen-bond acceptors (Lipinski definition) is 4. The molecule has 5 rings (SSSR count). The van der Waals surface area contributed by atoms with Crippen LogP contribution in [0.3, 0.4) is 0 Å². The van der Waals surface area contributed by atoms with Gasteiger partial charge in [-0.3, -0.25) is 9.59 Å². The van der Waals surface area contributed by atoms with Crippen LogP contribution in [0.15, 0.2) is 30.3 Å². The van der Waals surface area contributed by atoms with Gasteiger partial charge in [-0.2, -0.15) is 0 Å². The van der Waals surface area contributed by atoms with Gasteiger partial charge in [0.2, 0.25) is 0 Å². The lowest BCUT2D eigenvalue weighted by Crippen LogP contribution is -2.30. The van der Waals surface area contributed by atoms with Crippen LogP contribution in [0.5, 0.6) is 5.75 Å². The molecule has 2 aromatic rings. The van der Waals surface area contributed by atoms with Crippen LogP contribution in [-0.4, -0.2) is 24.6 Å². The molecule has 5 heteroatoms. The summed E-state index contributed by atoms with van der Waals surface area (Å²) < 4.78 is 12.3. The van der Waals surface area contributed by atoms with Crippen molar-refractivity contribution in [2.75, 3.05) is 6.61 Å². The van der Waals surface area contributed by atoms with Gasteiger partial charge in [0.1, 0.15) is 23.9 Å². The number of carbonyl (C=O) groups is 2. The first-order valence-corrected chi connectivity index (χ1v) is 11.8. The fourth-order valence-corrected chi connectivity index (χ4v) is 4.83. The molecular weight excluding hydrogens is 402 g/mol. The molecule has 0 unspecified atom stereocenters. The highest BCUT2D eigenvalue weighted by Gasteiger charge is 2.53. The summed E-state index contributed by atoms with van der Waals surface area (Å²) in [5, 5.41) is 2.88. The smallest absolute Gasteiger partial charge is 0.315 e. The van der Waals surface area contributed by atoms with Crippen molar-refractivity contribution < 1.29 is 19.1 Å². The summed E-state index contributed by atoms with van der Waals surface area (Å²) in [4.78, 5) is 24.9. The Bertz CT molecular complexity index is 1060. The van der Waals surface area contributed by atoms with Crippen LogP contribution in [0.1, 0.15) is 72.0 Å². The number of ether oxygens (including phenoxy) is 2. The Morgan fingerprint density at radius 2 is 1.81 bits per heavy atom. The predicted molar refractivity (Wildman–Crippen MR) is 123 cm³/mol. The van der Waals surface area contributed by atoms with Crippen molar-refractivity contribution in [1.82, 2.24) is 5.32 Å². The van der Waals surface area contributed by atoms with Crippen molar-refractivity contribution in [3.8, 4) is 16.9 Å². The van der Waals surface area contributed by atoms with Crippen LogP contribution in [0, 0.1) is 19.3 Å². The van der Waals surface area contributed by atoms with Gasteiger partial charge in [0, 0.05) is 17.7 Å². The number of esters is 1. The van der Waals surface area contributed by atoms with Crippen LogP contribution >= 0.6 is 0 Å². The zero-order valence-corrected chi connectivity index (χ0v) is 19.0. The number of carbonyl (C=O) groups excluding carboxylic acids is 2. The average Bonchev–Trinajstić information content (AvgIpc) is 3.52. The molecule has 1 heterocycles. The first-order valence-electron chi connectivity index (χ1n) is 11.8. The van der Waals surface area contributed by atoms with Gasteiger partial charge >= 0.3 is 5.97 Å². The maximum absolute atomic E-state index is 12.9. The minimum absolute atomic E-state index is 0.0183. The lowest BCUT2D eigenvalue weighted by Gasteiger charge is -2.25. The zero-order valence-electron chi connectivity index (χ0n) is 19.0. The first kappa shape index (κ1) is 21.0. The van der Waals surface area contributed by atoms with Crippen LogP contribution < -0.4 is 10.1 Å². The third-order valence-corrected chi connectivity index (χ3v) is 7.38. The summed E-state index contributed by atoms with van der Waals surface area (Å²) in [6, 6.07) is 10.1. The number of rotatable bonds is 6. The molecule has 168 valence electrons. The van der Waals surface area contributed by atoms with Crippen LogP contribution in [-0.2, 0) is 16.1 Å². The van der Waals surface area contributed by atoms with Gasteiger partial charge in [0.05, 0.1) is 0 Å². The van der Waals surface area contributed by atoms with Crippen molar-refractivity contribution in [2.24, 2.45) is 5.41 Å². The quantitative estimate of drug-likeness (QED) is 0.632. The Hall–Kier alpha value is -2.82. The van der Waals surface area contributed by atoms with E-state index in [2.05, 4.69) is 37.4 Å². The van der Waals surface area contributed by atoms with Crippen molar-refractivity contribution >= 4 is 11.9 Å². The second-order valence-corrected chi connectivity index (χ2v) is 9.67. The van der Waals surface area contributed by atoms with Crippen molar-refractivity contribution in [1.29, 1.82) is 0 Å². The summed E-state index contributed by atoms with van der Waals surface area (Å²) in [6.07, 6.45) is 7.23. The van der Waals surface area contributed by atoms with E-state index >= 15 is 0 Å². The van der Waals surface area contributed by atoms with E-state index in [0.717, 1.165) is 77.7 Å². The van der Waals surface area contributed by atoms with Gasteiger partial charge in [-0.05, 0) is 86.8 Å². The second-order valence-electron chi connectivity index (χ2n) is 9.67. The molecule has 1 amide bonds. The molecule has 2 aliphatic carbocycles. The number of benzene rings is 2. The van der Waals surface area contributed by atoms with E-state index in [4.69, 9.17) is 9.47 Å². The molecule has 2 fully saturated rings. The van der Waals surface area contributed by atoms with Crippen LogP contribution in [0.4, 0.5) is 0 Å². The molecule has 0 aromatic heterocycles. The van der Waals surface area contributed by atoms with E-state index in [9.17, 15) is 9.59 Å². The number of nitrogens with one attached hydrogen (secondary N) is 1. The molecule has 3 aliphatic rings. The molecule has 32 heavy (non-hydrogen) atoms. The Balaban J connectivity index is 1.36. The largest absolute Gasteiger partial charge is 0.491 e. The highest BCUT2D eigenvalue weighted by Crippen LogP contribution is 2.48. The standard InChI is InChI=1S/C27H31NO4/c1-17-8-10-22(19-9-11-23-20(14-19)15-28-25(23)29)24(18(17)2)31-16-27(12-13-27)26(30)32-21-6-4-3-5-7-21/h8-11,14,21H,3-7,12-13,15-16H2,1-2H3,(H,28,29). The van der Waals surface area contributed by atoms with E-state index in [1.54, 1.807) is 0 Å². The van der Waals surface area contributed by atoms with E-state index in [1.165, 1.54) is 6.42 Å². The van der Waals surface area contributed by atoms with E-state index < -0.39 is 5.41 Å². The maximum Gasteiger partial charge on any atom is 0.315 e. The molecule has 0 bridgehead atoms. The molecule has 0 radical (unpaired) electrons. The summed E-state index contributed by atoms with van der Waals surface area (Å²) in [5.41, 5.74) is 5.48. The third-order valence-electron chi connectivity index (χ3n) is 7.38. The highest BCUT2D eigenvalue weighted by atomic mass is 16.5. The monoisotopic (exact) mass is 433 g/mol. The van der Waals surface area contributed by atoms with E-state index in [-0.39, 0.29) is 18.0 Å². The van der Waals surface area contributed by atoms with E-state index in [1.807, 2.05) is 12.1 Å². The zero-order chi connectivity index (χ0) is 22.3. The Labute approximate surface area is 189 Å². The average molecular weight is 434 g/mol. The first-order chi connectivity index (χ1) is 15.5. The summed E-state index contributed by atoms with van der Waals surface area (Å²) in [5.74, 6) is 0.715. The molecule has 5 nitrogen and oxygen atoms in total. The molecular formula is C27H31NO4. The van der Waals surface area contributed by atoms with Gasteiger partial charge in [-0.15, -0.1) is 0 Å². The number of amides is 1. The highest BCUT2D eigenvalue weighted by molar-refractivity contribution is 5.99.